The number of carbonyl (C=O) groups is 1. The Hall–Kier alpha value is -2.34. The minimum atomic E-state index is -3.63. The van der Waals surface area contributed by atoms with E-state index in [0.717, 1.165) is 41.5 Å². The van der Waals surface area contributed by atoms with Gasteiger partial charge in [-0.05, 0) is 68.5 Å². The van der Waals surface area contributed by atoms with Crippen LogP contribution >= 0.6 is 0 Å². The van der Waals surface area contributed by atoms with Crippen LogP contribution in [0.4, 0.5) is 11.4 Å². The van der Waals surface area contributed by atoms with E-state index in [9.17, 15) is 13.2 Å². The number of anilines is 2. The van der Waals surface area contributed by atoms with Gasteiger partial charge >= 0.3 is 0 Å². The van der Waals surface area contributed by atoms with Crippen molar-refractivity contribution in [2.45, 2.75) is 39.7 Å². The van der Waals surface area contributed by atoms with Crippen LogP contribution in [0.15, 0.2) is 42.5 Å². The van der Waals surface area contributed by atoms with E-state index in [4.69, 9.17) is 0 Å². The molecule has 27 heavy (non-hydrogen) atoms. The number of rotatable bonds is 4. The third-order valence-corrected chi connectivity index (χ3v) is 6.15. The molecule has 5 nitrogen and oxygen atoms in total. The molecule has 0 saturated carbocycles. The lowest BCUT2D eigenvalue weighted by atomic mass is 10.0. The van der Waals surface area contributed by atoms with Crippen LogP contribution in [0.2, 0.25) is 0 Å². The zero-order valence-corrected chi connectivity index (χ0v) is 17.1. The Labute approximate surface area is 161 Å². The second kappa shape index (κ2) is 7.35. The highest BCUT2D eigenvalue weighted by Gasteiger charge is 2.34. The fraction of sp³-hybridized carbons (Fsp3) is 0.381. The van der Waals surface area contributed by atoms with Gasteiger partial charge in [0, 0.05) is 12.2 Å². The lowest BCUT2D eigenvalue weighted by molar-refractivity contribution is -0.119. The summed E-state index contributed by atoms with van der Waals surface area (Å²) in [5.41, 5.74) is 4.46. The van der Waals surface area contributed by atoms with Crippen molar-refractivity contribution in [2.24, 2.45) is 0 Å². The third-order valence-electron chi connectivity index (χ3n) is 4.90. The van der Waals surface area contributed by atoms with Gasteiger partial charge in [0.05, 0.1) is 11.9 Å². The molecule has 1 aliphatic rings. The summed E-state index contributed by atoms with van der Waals surface area (Å²) in [5, 5.41) is 0. The van der Waals surface area contributed by atoms with Gasteiger partial charge in [0.2, 0.25) is 10.0 Å². The van der Waals surface area contributed by atoms with Crippen molar-refractivity contribution in [2.75, 3.05) is 22.0 Å². The summed E-state index contributed by atoms with van der Waals surface area (Å²) in [4.78, 5) is 15.0. The van der Waals surface area contributed by atoms with Crippen molar-refractivity contribution in [3.8, 4) is 0 Å². The zero-order chi connectivity index (χ0) is 19.8. The number of aryl methyl sites for hydroxylation is 3. The molecule has 1 heterocycles. The first kappa shape index (κ1) is 19.4. The summed E-state index contributed by atoms with van der Waals surface area (Å²) < 4.78 is 26.4. The van der Waals surface area contributed by atoms with E-state index in [1.54, 1.807) is 11.8 Å². The minimum absolute atomic E-state index is 0.202. The van der Waals surface area contributed by atoms with E-state index in [1.165, 1.54) is 4.31 Å². The van der Waals surface area contributed by atoms with E-state index < -0.39 is 16.1 Å². The van der Waals surface area contributed by atoms with E-state index >= 15 is 0 Å². The van der Waals surface area contributed by atoms with Gasteiger partial charge in [-0.25, -0.2) is 8.42 Å². The molecule has 1 aliphatic heterocycles. The van der Waals surface area contributed by atoms with Gasteiger partial charge in [0.25, 0.3) is 5.91 Å². The van der Waals surface area contributed by atoms with Crippen LogP contribution < -0.4 is 9.21 Å². The van der Waals surface area contributed by atoms with Crippen molar-refractivity contribution in [1.29, 1.82) is 0 Å². The van der Waals surface area contributed by atoms with Gasteiger partial charge < -0.3 is 4.90 Å². The van der Waals surface area contributed by atoms with Gasteiger partial charge in [-0.15, -0.1) is 0 Å². The van der Waals surface area contributed by atoms with Crippen LogP contribution in [-0.2, 0) is 21.2 Å². The molecule has 1 amide bonds. The number of fused-ring (bicyclic) bond motifs is 1. The lowest BCUT2D eigenvalue weighted by Crippen LogP contribution is -2.50. The highest BCUT2D eigenvalue weighted by atomic mass is 32.2. The van der Waals surface area contributed by atoms with Gasteiger partial charge in [-0.3, -0.25) is 9.10 Å². The number of amides is 1. The Balaban J connectivity index is 2.00. The predicted molar refractivity (Wildman–Crippen MR) is 110 cm³/mol. The van der Waals surface area contributed by atoms with Gasteiger partial charge in [-0.2, -0.15) is 0 Å². The highest BCUT2D eigenvalue weighted by Crippen LogP contribution is 2.30. The van der Waals surface area contributed by atoms with E-state index in [0.29, 0.717) is 12.2 Å². The molecule has 0 spiro atoms. The fourth-order valence-corrected chi connectivity index (χ4v) is 5.02. The first-order valence-electron chi connectivity index (χ1n) is 9.15. The predicted octanol–water partition coefficient (Wildman–Crippen LogP) is 3.44. The molecule has 0 bridgehead atoms. The molecular weight excluding hydrogens is 360 g/mol. The van der Waals surface area contributed by atoms with Gasteiger partial charge in [0.15, 0.2) is 0 Å². The van der Waals surface area contributed by atoms with Crippen LogP contribution in [0.25, 0.3) is 0 Å². The Bertz CT molecular complexity index is 949. The Morgan fingerprint density at radius 1 is 1.11 bits per heavy atom. The Kier molecular flexibility index (Phi) is 5.29. The number of nitrogens with zero attached hydrogens (tertiary/aromatic N) is 2. The van der Waals surface area contributed by atoms with Gasteiger partial charge in [-0.1, -0.05) is 24.3 Å². The van der Waals surface area contributed by atoms with Crippen LogP contribution in [0, 0.1) is 13.8 Å². The van der Waals surface area contributed by atoms with Gasteiger partial charge in [0.1, 0.15) is 6.04 Å². The first-order chi connectivity index (χ1) is 12.7. The number of para-hydroxylation sites is 1. The minimum Gasteiger partial charge on any atom is -0.310 e. The monoisotopic (exact) mass is 386 g/mol. The second-order valence-electron chi connectivity index (χ2n) is 7.30. The fourth-order valence-electron chi connectivity index (χ4n) is 3.87. The summed E-state index contributed by atoms with van der Waals surface area (Å²) in [7, 11) is -3.63. The third kappa shape index (κ3) is 4.00. The maximum atomic E-state index is 13.3. The van der Waals surface area contributed by atoms with Crippen molar-refractivity contribution >= 4 is 27.3 Å². The molecule has 2 aromatic carbocycles. The molecule has 1 atom stereocenters. The molecule has 6 heteroatoms. The number of hydrogen-bond donors (Lipinski definition) is 0. The molecular formula is C21H26N2O3S. The molecule has 3 rings (SSSR count). The second-order valence-corrected chi connectivity index (χ2v) is 9.16. The summed E-state index contributed by atoms with van der Waals surface area (Å²) in [5.74, 6) is -0.202. The number of hydrogen-bond acceptors (Lipinski definition) is 3. The average molecular weight is 387 g/mol. The molecule has 144 valence electrons. The van der Waals surface area contributed by atoms with E-state index in [2.05, 4.69) is 0 Å². The molecule has 0 aromatic heterocycles. The van der Waals surface area contributed by atoms with Crippen molar-refractivity contribution in [3.05, 3.63) is 59.2 Å². The smallest absolute Gasteiger partial charge is 0.250 e. The van der Waals surface area contributed by atoms with Crippen LogP contribution in [0.1, 0.15) is 30.0 Å². The molecule has 0 saturated heterocycles. The quantitative estimate of drug-likeness (QED) is 0.809. The molecule has 2 aromatic rings. The molecule has 0 N–H and O–H groups in total. The number of sulfonamides is 1. The molecule has 0 radical (unpaired) electrons. The number of carbonyl (C=O) groups excluding carboxylic acids is 1. The number of benzene rings is 2. The van der Waals surface area contributed by atoms with E-state index in [-0.39, 0.29) is 5.91 Å². The van der Waals surface area contributed by atoms with Crippen molar-refractivity contribution in [1.82, 2.24) is 0 Å². The molecule has 0 fully saturated rings. The normalized spacial score (nSPS) is 15.2. The SMILES string of the molecule is Cc1cc(C)cc(N(C(C)C(=O)N2CCCc3ccccc32)S(C)(=O)=O)c1. The summed E-state index contributed by atoms with van der Waals surface area (Å²) in [6.45, 7) is 6.11. The Morgan fingerprint density at radius 3 is 2.37 bits per heavy atom. The standard InChI is InChI=1S/C21H26N2O3S/c1-15-12-16(2)14-19(13-15)23(27(4,25)26)17(3)21(24)22-11-7-9-18-8-5-6-10-20(18)22/h5-6,8,10,12-14,17H,7,9,11H2,1-4H3. The highest BCUT2D eigenvalue weighted by molar-refractivity contribution is 7.92. The van der Waals surface area contributed by atoms with Crippen LogP contribution in [-0.4, -0.2) is 33.2 Å². The lowest BCUT2D eigenvalue weighted by Gasteiger charge is -2.35. The summed E-state index contributed by atoms with van der Waals surface area (Å²) >= 11 is 0. The maximum absolute atomic E-state index is 13.3. The average Bonchev–Trinajstić information content (AvgIpc) is 2.58. The summed E-state index contributed by atoms with van der Waals surface area (Å²) in [6.07, 6.45) is 2.96. The first-order valence-corrected chi connectivity index (χ1v) is 11.0. The zero-order valence-electron chi connectivity index (χ0n) is 16.3. The molecule has 1 unspecified atom stereocenters. The van der Waals surface area contributed by atoms with Crippen molar-refractivity contribution < 1.29 is 13.2 Å². The summed E-state index contributed by atoms with van der Waals surface area (Å²) in [6, 6.07) is 12.6. The largest absolute Gasteiger partial charge is 0.310 e. The van der Waals surface area contributed by atoms with E-state index in [1.807, 2.05) is 56.3 Å². The maximum Gasteiger partial charge on any atom is 0.250 e. The molecule has 0 aliphatic carbocycles. The Morgan fingerprint density at radius 2 is 1.74 bits per heavy atom. The van der Waals surface area contributed by atoms with Crippen molar-refractivity contribution in [3.63, 3.8) is 0 Å². The van der Waals surface area contributed by atoms with Crippen LogP contribution in [0.3, 0.4) is 0 Å². The van der Waals surface area contributed by atoms with Crippen LogP contribution in [0.5, 0.6) is 0 Å². The topological polar surface area (TPSA) is 57.7 Å².